The van der Waals surface area contributed by atoms with Crippen molar-refractivity contribution in [1.82, 2.24) is 9.43 Å². The first-order chi connectivity index (χ1) is 7.25. The van der Waals surface area contributed by atoms with Crippen LogP contribution in [-0.2, 0) is 0 Å². The number of Topliss-reactive ketones (excluding diaryl/α,β-unsaturated/α-hetero) is 1. The molecule has 5 heteroatoms. The maximum absolute atomic E-state index is 11.7. The maximum atomic E-state index is 11.7. The van der Waals surface area contributed by atoms with Crippen LogP contribution in [0.5, 0.6) is 0 Å². The molecule has 0 fully saturated rings. The van der Waals surface area contributed by atoms with Gasteiger partial charge in [-0.3, -0.25) is 14.2 Å². The number of carbonyl (C=O) groups is 1. The number of ketones is 1. The molecule has 1 aliphatic rings. The van der Waals surface area contributed by atoms with Crippen molar-refractivity contribution in [3.63, 3.8) is 0 Å². The predicted octanol–water partition coefficient (Wildman–Crippen LogP) is 1.54. The predicted molar refractivity (Wildman–Crippen MR) is 58.5 cm³/mol. The molecule has 0 atom stereocenters. The van der Waals surface area contributed by atoms with Crippen molar-refractivity contribution in [2.24, 2.45) is 5.10 Å². The van der Waals surface area contributed by atoms with Crippen molar-refractivity contribution in [3.8, 4) is 0 Å². The Morgan fingerprint density at radius 1 is 1.40 bits per heavy atom. The Hall–Kier alpha value is -1.55. The van der Waals surface area contributed by atoms with Crippen molar-refractivity contribution in [2.45, 2.75) is 0 Å². The third-order valence-electron chi connectivity index (χ3n) is 2.06. The summed E-state index contributed by atoms with van der Waals surface area (Å²) in [6, 6.07) is 9.15. The van der Waals surface area contributed by atoms with Gasteiger partial charge >= 0.3 is 0 Å². The lowest BCUT2D eigenvalue weighted by atomic mass is 10.1. The second kappa shape index (κ2) is 4.31. The molecule has 4 nitrogen and oxygen atoms in total. The number of benzene rings is 1. The minimum absolute atomic E-state index is 0.0414. The Kier molecular flexibility index (Phi) is 2.87. The molecule has 0 N–H and O–H groups in total. The van der Waals surface area contributed by atoms with E-state index < -0.39 is 0 Å². The lowest BCUT2D eigenvalue weighted by molar-refractivity contribution is 0.0931. The number of hydrogen-bond acceptors (Lipinski definition) is 4. The second-order valence-electron chi connectivity index (χ2n) is 3.23. The summed E-state index contributed by atoms with van der Waals surface area (Å²) in [6.07, 6.45) is 1.49. The molecule has 1 aromatic rings. The maximum Gasteiger partial charge on any atom is 0.183 e. The Bertz CT molecular complexity index is 380. The van der Waals surface area contributed by atoms with Gasteiger partial charge in [0.2, 0.25) is 0 Å². The Balaban J connectivity index is 1.96. The van der Waals surface area contributed by atoms with Gasteiger partial charge in [0.05, 0.1) is 0 Å². The molecule has 0 amide bonds. The van der Waals surface area contributed by atoms with Gasteiger partial charge in [0.25, 0.3) is 0 Å². The van der Waals surface area contributed by atoms with Crippen molar-refractivity contribution < 1.29 is 4.79 Å². The van der Waals surface area contributed by atoms with Crippen molar-refractivity contribution >= 4 is 23.9 Å². The molecule has 0 unspecified atom stereocenters. The summed E-state index contributed by atoms with van der Waals surface area (Å²) in [4.78, 5) is 11.7. The highest BCUT2D eigenvalue weighted by molar-refractivity contribution is 6.19. The molecule has 0 radical (unpaired) electrons. The van der Waals surface area contributed by atoms with E-state index in [1.165, 1.54) is 10.8 Å². The van der Waals surface area contributed by atoms with Crippen LogP contribution in [0, 0.1) is 0 Å². The summed E-state index contributed by atoms with van der Waals surface area (Å²) in [6.45, 7) is 0.698. The highest BCUT2D eigenvalue weighted by Gasteiger charge is 2.15. The smallest absolute Gasteiger partial charge is 0.183 e. The van der Waals surface area contributed by atoms with Gasteiger partial charge in [0.15, 0.2) is 5.78 Å². The highest BCUT2D eigenvalue weighted by Crippen LogP contribution is 2.07. The van der Waals surface area contributed by atoms with E-state index in [0.29, 0.717) is 12.2 Å². The molecule has 1 aromatic carbocycles. The zero-order valence-corrected chi connectivity index (χ0v) is 8.76. The minimum atomic E-state index is 0.0414. The Labute approximate surface area is 92.8 Å². The van der Waals surface area contributed by atoms with Gasteiger partial charge in [-0.1, -0.05) is 30.3 Å². The van der Waals surface area contributed by atoms with Crippen LogP contribution in [0.4, 0.5) is 0 Å². The number of nitrogens with zero attached hydrogens (tertiary/aromatic N) is 3. The topological polar surface area (TPSA) is 35.9 Å². The summed E-state index contributed by atoms with van der Waals surface area (Å²) >= 11 is 5.67. The number of rotatable bonds is 3. The molecule has 0 saturated carbocycles. The lowest BCUT2D eigenvalue weighted by Gasteiger charge is -2.13. The third kappa shape index (κ3) is 2.47. The molecule has 0 saturated heterocycles. The summed E-state index contributed by atoms with van der Waals surface area (Å²) in [5.74, 6) is 0.0414. The van der Waals surface area contributed by atoms with E-state index in [0.717, 1.165) is 0 Å². The van der Waals surface area contributed by atoms with Crippen LogP contribution in [0.25, 0.3) is 0 Å². The summed E-state index contributed by atoms with van der Waals surface area (Å²) < 4.78 is 1.40. The van der Waals surface area contributed by atoms with E-state index in [-0.39, 0.29) is 12.3 Å². The van der Waals surface area contributed by atoms with Gasteiger partial charge in [0.1, 0.15) is 19.6 Å². The fourth-order valence-electron chi connectivity index (χ4n) is 1.33. The zero-order chi connectivity index (χ0) is 10.7. The molecule has 2 rings (SSSR count). The number of hydrogen-bond donors (Lipinski definition) is 0. The molecule has 1 heterocycles. The summed E-state index contributed by atoms with van der Waals surface area (Å²) in [5.41, 5.74) is 0.695. The molecule has 1 aliphatic heterocycles. The molecular formula is C10H10ClN3O. The van der Waals surface area contributed by atoms with Crippen LogP contribution in [0.15, 0.2) is 35.4 Å². The normalized spacial score (nSPS) is 14.7. The van der Waals surface area contributed by atoms with E-state index in [4.69, 9.17) is 11.8 Å². The average Bonchev–Trinajstić information content (AvgIpc) is 2.65. The fourth-order valence-corrected chi connectivity index (χ4v) is 1.49. The number of hydrazone groups is 1. The number of carbonyl (C=O) groups excluding carboxylic acids is 1. The zero-order valence-electron chi connectivity index (χ0n) is 8.01. The van der Waals surface area contributed by atoms with Crippen LogP contribution in [-0.4, -0.2) is 34.8 Å². The van der Waals surface area contributed by atoms with Crippen LogP contribution in [0.2, 0.25) is 0 Å². The monoisotopic (exact) mass is 223 g/mol. The van der Waals surface area contributed by atoms with Crippen LogP contribution < -0.4 is 0 Å². The molecule has 0 bridgehead atoms. The van der Waals surface area contributed by atoms with Gasteiger partial charge in [-0.2, -0.15) is 5.10 Å². The third-order valence-corrected chi connectivity index (χ3v) is 2.25. The van der Waals surface area contributed by atoms with Crippen molar-refractivity contribution in [1.29, 1.82) is 0 Å². The molecule has 15 heavy (non-hydrogen) atoms. The largest absolute Gasteiger partial charge is 0.292 e. The van der Waals surface area contributed by atoms with Gasteiger partial charge in [-0.25, -0.2) is 0 Å². The molecule has 78 valence electrons. The second-order valence-corrected chi connectivity index (χ2v) is 3.66. The minimum Gasteiger partial charge on any atom is -0.292 e. The van der Waals surface area contributed by atoms with E-state index in [9.17, 15) is 4.79 Å². The molecule has 0 spiro atoms. The molecular weight excluding hydrogens is 214 g/mol. The van der Waals surface area contributed by atoms with Gasteiger partial charge in [-0.05, 0) is 0 Å². The van der Waals surface area contributed by atoms with E-state index in [1.54, 1.807) is 17.1 Å². The average molecular weight is 224 g/mol. The first-order valence-electron chi connectivity index (χ1n) is 4.55. The fraction of sp³-hybridized carbons (Fsp3) is 0.200. The first kappa shape index (κ1) is 9.98. The highest BCUT2D eigenvalue weighted by atomic mass is 35.5. The van der Waals surface area contributed by atoms with Gasteiger partial charge in [0, 0.05) is 17.3 Å². The van der Waals surface area contributed by atoms with E-state index in [1.807, 2.05) is 18.2 Å². The van der Waals surface area contributed by atoms with Crippen molar-refractivity contribution in [2.75, 3.05) is 13.2 Å². The van der Waals surface area contributed by atoms with Gasteiger partial charge < -0.3 is 0 Å². The van der Waals surface area contributed by atoms with Crippen LogP contribution in [0.1, 0.15) is 10.4 Å². The summed E-state index contributed by atoms with van der Waals surface area (Å²) in [7, 11) is 0. The lowest BCUT2D eigenvalue weighted by Crippen LogP contribution is -2.26. The Morgan fingerprint density at radius 2 is 2.13 bits per heavy atom. The standard InChI is InChI=1S/C10H10ClN3O/c11-13-7-12-14(8-13)6-10(15)9-4-2-1-3-5-9/h1-5,7H,6,8H2. The molecule has 0 aliphatic carbocycles. The van der Waals surface area contributed by atoms with Gasteiger partial charge in [-0.15, -0.1) is 0 Å². The summed E-state index contributed by atoms with van der Waals surface area (Å²) in [5, 5.41) is 5.58. The molecule has 0 aromatic heterocycles. The SMILES string of the molecule is O=C(CN1CN(Cl)C=N1)c1ccccc1. The number of halogens is 1. The first-order valence-corrected chi connectivity index (χ1v) is 4.89. The van der Waals surface area contributed by atoms with E-state index >= 15 is 0 Å². The van der Waals surface area contributed by atoms with Crippen LogP contribution in [0.3, 0.4) is 0 Å². The quantitative estimate of drug-likeness (QED) is 0.576. The Morgan fingerprint density at radius 3 is 2.73 bits per heavy atom. The van der Waals surface area contributed by atoms with Crippen LogP contribution >= 0.6 is 11.8 Å². The van der Waals surface area contributed by atoms with E-state index in [2.05, 4.69) is 5.10 Å². The van der Waals surface area contributed by atoms with Crippen molar-refractivity contribution in [3.05, 3.63) is 35.9 Å².